The van der Waals surface area contributed by atoms with Gasteiger partial charge in [0.25, 0.3) is 5.91 Å². The predicted octanol–water partition coefficient (Wildman–Crippen LogP) is 3.22. The summed E-state index contributed by atoms with van der Waals surface area (Å²) in [6, 6.07) is 10.3. The quantitative estimate of drug-likeness (QED) is 0.787. The van der Waals surface area contributed by atoms with Gasteiger partial charge < -0.3 is 14.8 Å². The Hall–Kier alpha value is -2.58. The maximum atomic E-state index is 13.2. The van der Waals surface area contributed by atoms with Crippen molar-refractivity contribution in [1.82, 2.24) is 9.62 Å². The van der Waals surface area contributed by atoms with Crippen LogP contribution in [-0.2, 0) is 16.6 Å². The highest BCUT2D eigenvalue weighted by Crippen LogP contribution is 2.32. The van der Waals surface area contributed by atoms with Crippen LogP contribution in [0, 0.1) is 6.92 Å². The van der Waals surface area contributed by atoms with Crippen LogP contribution in [-0.4, -0.2) is 38.5 Å². The lowest BCUT2D eigenvalue weighted by atomic mass is 10.1. The summed E-state index contributed by atoms with van der Waals surface area (Å²) in [4.78, 5) is 12.9. The minimum atomic E-state index is -3.62. The van der Waals surface area contributed by atoms with Crippen molar-refractivity contribution in [2.45, 2.75) is 44.0 Å². The van der Waals surface area contributed by atoms with Gasteiger partial charge in [-0.05, 0) is 55.2 Å². The molecule has 0 atom stereocenters. The molecule has 2 heterocycles. The standard InChI is InChI=1S/C22H26N2O5S/c1-16-6-8-18(13-21(16)30(26,27)24-10-4-2-3-5-11-24)22(25)23-14-17-7-9-19-20(12-17)29-15-28-19/h6-9,12-13H,2-5,10-11,14-15H2,1H3,(H,23,25). The molecular formula is C22H26N2O5S. The molecule has 2 aliphatic heterocycles. The second-order valence-corrected chi connectivity index (χ2v) is 9.58. The average Bonchev–Trinajstić information content (AvgIpc) is 3.02. The van der Waals surface area contributed by atoms with Crippen LogP contribution < -0.4 is 14.8 Å². The summed E-state index contributed by atoms with van der Waals surface area (Å²) in [5.74, 6) is 1.02. The van der Waals surface area contributed by atoms with Crippen molar-refractivity contribution in [3.8, 4) is 11.5 Å². The molecule has 7 nitrogen and oxygen atoms in total. The van der Waals surface area contributed by atoms with Gasteiger partial charge in [-0.25, -0.2) is 8.42 Å². The van der Waals surface area contributed by atoms with E-state index in [1.807, 2.05) is 18.2 Å². The van der Waals surface area contributed by atoms with E-state index < -0.39 is 10.0 Å². The number of rotatable bonds is 5. The summed E-state index contributed by atoms with van der Waals surface area (Å²) in [5.41, 5.74) is 1.85. The maximum Gasteiger partial charge on any atom is 0.251 e. The highest BCUT2D eigenvalue weighted by atomic mass is 32.2. The lowest BCUT2D eigenvalue weighted by Crippen LogP contribution is -2.32. The number of hydrogen-bond donors (Lipinski definition) is 1. The molecule has 2 aromatic rings. The first-order valence-electron chi connectivity index (χ1n) is 10.2. The molecule has 0 aliphatic carbocycles. The van der Waals surface area contributed by atoms with Crippen LogP contribution in [0.25, 0.3) is 0 Å². The second kappa shape index (κ2) is 8.65. The number of nitrogens with zero attached hydrogens (tertiary/aromatic N) is 1. The lowest BCUT2D eigenvalue weighted by Gasteiger charge is -2.21. The Kier molecular flexibility index (Phi) is 5.97. The first-order chi connectivity index (χ1) is 14.4. The zero-order valence-corrected chi connectivity index (χ0v) is 17.8. The fourth-order valence-electron chi connectivity index (χ4n) is 3.78. The van der Waals surface area contributed by atoms with Crippen molar-refractivity contribution >= 4 is 15.9 Å². The largest absolute Gasteiger partial charge is 0.454 e. The first kappa shape index (κ1) is 20.7. The van der Waals surface area contributed by atoms with Crippen molar-refractivity contribution < 1.29 is 22.7 Å². The van der Waals surface area contributed by atoms with E-state index in [9.17, 15) is 13.2 Å². The van der Waals surface area contributed by atoms with Gasteiger partial charge in [0, 0.05) is 25.2 Å². The normalized spacial score (nSPS) is 16.8. The molecule has 0 unspecified atom stereocenters. The Morgan fingerprint density at radius 2 is 1.73 bits per heavy atom. The molecule has 0 bridgehead atoms. The molecule has 160 valence electrons. The topological polar surface area (TPSA) is 84.9 Å². The minimum absolute atomic E-state index is 0.197. The SMILES string of the molecule is Cc1ccc(C(=O)NCc2ccc3c(c2)OCO3)cc1S(=O)(=O)N1CCCCCC1. The van der Waals surface area contributed by atoms with Gasteiger partial charge in [-0.1, -0.05) is 25.0 Å². The van der Waals surface area contributed by atoms with Gasteiger partial charge in [0.1, 0.15) is 0 Å². The molecule has 1 fully saturated rings. The molecule has 1 amide bonds. The van der Waals surface area contributed by atoms with Gasteiger partial charge in [-0.15, -0.1) is 0 Å². The monoisotopic (exact) mass is 430 g/mol. The molecule has 30 heavy (non-hydrogen) atoms. The van der Waals surface area contributed by atoms with Crippen molar-refractivity contribution in [1.29, 1.82) is 0 Å². The zero-order chi connectivity index (χ0) is 21.1. The summed E-state index contributed by atoms with van der Waals surface area (Å²) in [5, 5.41) is 2.85. The van der Waals surface area contributed by atoms with Gasteiger partial charge in [-0.3, -0.25) is 4.79 Å². The number of nitrogens with one attached hydrogen (secondary N) is 1. The fourth-order valence-corrected chi connectivity index (χ4v) is 5.54. The van der Waals surface area contributed by atoms with Gasteiger partial charge in [0.2, 0.25) is 16.8 Å². The third kappa shape index (κ3) is 4.29. The Bertz CT molecular complexity index is 1040. The highest BCUT2D eigenvalue weighted by Gasteiger charge is 2.27. The molecule has 8 heteroatoms. The Morgan fingerprint density at radius 3 is 2.50 bits per heavy atom. The minimum Gasteiger partial charge on any atom is -0.454 e. The third-order valence-electron chi connectivity index (χ3n) is 5.52. The van der Waals surface area contributed by atoms with Crippen LogP contribution in [0.3, 0.4) is 0 Å². The van der Waals surface area contributed by atoms with Crippen molar-refractivity contribution in [2.75, 3.05) is 19.9 Å². The molecule has 0 aromatic heterocycles. The van der Waals surface area contributed by atoms with Crippen LogP contribution in [0.15, 0.2) is 41.3 Å². The van der Waals surface area contributed by atoms with Gasteiger partial charge >= 0.3 is 0 Å². The first-order valence-corrected chi connectivity index (χ1v) is 11.7. The molecule has 1 N–H and O–H groups in total. The van der Waals surface area contributed by atoms with E-state index in [2.05, 4.69) is 5.32 Å². The van der Waals surface area contributed by atoms with E-state index >= 15 is 0 Å². The van der Waals surface area contributed by atoms with Crippen LogP contribution in [0.4, 0.5) is 0 Å². The van der Waals surface area contributed by atoms with E-state index in [0.717, 1.165) is 31.2 Å². The molecule has 2 aliphatic rings. The van der Waals surface area contributed by atoms with E-state index in [1.54, 1.807) is 23.4 Å². The molecule has 0 radical (unpaired) electrons. The third-order valence-corrected chi connectivity index (χ3v) is 7.56. The number of ether oxygens (including phenoxy) is 2. The van der Waals surface area contributed by atoms with Crippen molar-refractivity contribution in [3.05, 3.63) is 53.1 Å². The summed E-state index contributed by atoms with van der Waals surface area (Å²) < 4.78 is 38.6. The summed E-state index contributed by atoms with van der Waals surface area (Å²) >= 11 is 0. The van der Waals surface area contributed by atoms with E-state index in [-0.39, 0.29) is 17.6 Å². The van der Waals surface area contributed by atoms with Gasteiger partial charge in [-0.2, -0.15) is 4.31 Å². The average molecular weight is 431 g/mol. The zero-order valence-electron chi connectivity index (χ0n) is 17.0. The van der Waals surface area contributed by atoms with E-state index in [1.165, 1.54) is 6.07 Å². The molecule has 0 spiro atoms. The van der Waals surface area contributed by atoms with Crippen LogP contribution in [0.2, 0.25) is 0 Å². The number of carbonyl (C=O) groups excluding carboxylic acids is 1. The number of carbonyl (C=O) groups is 1. The van der Waals surface area contributed by atoms with Gasteiger partial charge in [0.15, 0.2) is 11.5 Å². The smallest absolute Gasteiger partial charge is 0.251 e. The van der Waals surface area contributed by atoms with Crippen LogP contribution in [0.1, 0.15) is 47.2 Å². The Balaban J connectivity index is 1.50. The Morgan fingerprint density at radius 1 is 1.00 bits per heavy atom. The number of amides is 1. The Labute approximate surface area is 177 Å². The summed E-state index contributed by atoms with van der Waals surface area (Å²) in [6.07, 6.45) is 3.84. The maximum absolute atomic E-state index is 13.2. The van der Waals surface area contributed by atoms with Gasteiger partial charge in [0.05, 0.1) is 4.90 Å². The lowest BCUT2D eigenvalue weighted by molar-refractivity contribution is 0.0950. The molecular weight excluding hydrogens is 404 g/mol. The summed E-state index contributed by atoms with van der Waals surface area (Å²) in [7, 11) is -3.62. The number of fused-ring (bicyclic) bond motifs is 1. The molecule has 0 saturated carbocycles. The van der Waals surface area contributed by atoms with Crippen molar-refractivity contribution in [2.24, 2.45) is 0 Å². The number of aryl methyl sites for hydroxylation is 1. The van der Waals surface area contributed by atoms with Crippen molar-refractivity contribution in [3.63, 3.8) is 0 Å². The van der Waals surface area contributed by atoms with Crippen LogP contribution in [0.5, 0.6) is 11.5 Å². The molecule has 2 aromatic carbocycles. The molecule has 4 rings (SSSR count). The highest BCUT2D eigenvalue weighted by molar-refractivity contribution is 7.89. The number of benzene rings is 2. The van der Waals surface area contributed by atoms with Crippen LogP contribution >= 0.6 is 0 Å². The van der Waals surface area contributed by atoms with E-state index in [4.69, 9.17) is 9.47 Å². The predicted molar refractivity (Wildman–Crippen MR) is 112 cm³/mol. The summed E-state index contributed by atoms with van der Waals surface area (Å²) in [6.45, 7) is 3.32. The molecule has 1 saturated heterocycles. The second-order valence-electron chi connectivity index (χ2n) is 7.67. The fraction of sp³-hybridized carbons (Fsp3) is 0.409. The van der Waals surface area contributed by atoms with E-state index in [0.29, 0.717) is 42.3 Å². The number of sulfonamides is 1. The number of hydrogen-bond acceptors (Lipinski definition) is 5.